The van der Waals surface area contributed by atoms with E-state index in [2.05, 4.69) is 29.1 Å². The molecular weight excluding hydrogens is 430 g/mol. The first-order valence-corrected chi connectivity index (χ1v) is 11.8. The summed E-state index contributed by atoms with van der Waals surface area (Å²) in [5.74, 6) is 0.802. The standard InChI is InChI=1S/C27H33N3O4/c1-21-8-6-11-23(18-21)26-24(27(34-28-26)29-13-16-33-17-14-29)20-30(12-7-15-32-2)25(31)19-22-9-4-3-5-10-22/h3-6,8-11,18H,7,12-17,19-20H2,1-2H3. The van der Waals surface area contributed by atoms with Gasteiger partial charge in [-0.1, -0.05) is 59.3 Å². The summed E-state index contributed by atoms with van der Waals surface area (Å²) in [7, 11) is 1.68. The fourth-order valence-corrected chi connectivity index (χ4v) is 4.24. The molecular formula is C27H33N3O4. The molecule has 7 heteroatoms. The van der Waals surface area contributed by atoms with Crippen molar-refractivity contribution in [3.63, 3.8) is 0 Å². The van der Waals surface area contributed by atoms with Crippen molar-refractivity contribution in [3.05, 3.63) is 71.3 Å². The van der Waals surface area contributed by atoms with Gasteiger partial charge in [-0.2, -0.15) is 0 Å². The van der Waals surface area contributed by atoms with Crippen molar-refractivity contribution < 1.29 is 18.8 Å². The van der Waals surface area contributed by atoms with Crippen LogP contribution in [0.1, 0.15) is 23.1 Å². The molecule has 1 aromatic heterocycles. The first-order valence-electron chi connectivity index (χ1n) is 11.8. The summed E-state index contributed by atoms with van der Waals surface area (Å²) in [5.41, 5.74) is 4.87. The van der Waals surface area contributed by atoms with Crippen LogP contribution in [0.2, 0.25) is 0 Å². The molecule has 0 saturated carbocycles. The minimum absolute atomic E-state index is 0.0756. The van der Waals surface area contributed by atoms with Gasteiger partial charge in [0.2, 0.25) is 11.8 Å². The van der Waals surface area contributed by atoms with Crippen LogP contribution in [0.5, 0.6) is 0 Å². The van der Waals surface area contributed by atoms with E-state index in [0.29, 0.717) is 39.3 Å². The maximum absolute atomic E-state index is 13.4. The number of carbonyl (C=O) groups excluding carboxylic acids is 1. The predicted molar refractivity (Wildman–Crippen MR) is 132 cm³/mol. The Kier molecular flexibility index (Phi) is 8.33. The molecule has 1 aliphatic heterocycles. The minimum Gasteiger partial charge on any atom is -0.385 e. The van der Waals surface area contributed by atoms with E-state index in [1.807, 2.05) is 47.4 Å². The number of nitrogens with zero attached hydrogens (tertiary/aromatic N) is 3. The summed E-state index contributed by atoms with van der Waals surface area (Å²) in [5, 5.41) is 4.48. The Balaban J connectivity index is 1.66. The third kappa shape index (κ3) is 6.04. The van der Waals surface area contributed by atoms with Crippen LogP contribution in [0, 0.1) is 6.92 Å². The van der Waals surface area contributed by atoms with E-state index >= 15 is 0 Å². The lowest BCUT2D eigenvalue weighted by Gasteiger charge is -2.28. The molecule has 0 unspecified atom stereocenters. The first kappa shape index (κ1) is 24.0. The third-order valence-electron chi connectivity index (χ3n) is 6.03. The van der Waals surface area contributed by atoms with Gasteiger partial charge in [0.1, 0.15) is 5.69 Å². The van der Waals surface area contributed by atoms with Gasteiger partial charge >= 0.3 is 0 Å². The topological polar surface area (TPSA) is 68.0 Å². The number of ether oxygens (including phenoxy) is 2. The highest BCUT2D eigenvalue weighted by molar-refractivity contribution is 5.79. The highest BCUT2D eigenvalue weighted by Gasteiger charge is 2.27. The maximum Gasteiger partial charge on any atom is 0.233 e. The normalized spacial score (nSPS) is 13.8. The molecule has 7 nitrogen and oxygen atoms in total. The van der Waals surface area contributed by atoms with Gasteiger partial charge in [-0.25, -0.2) is 0 Å². The van der Waals surface area contributed by atoms with E-state index in [1.165, 1.54) is 0 Å². The molecule has 1 saturated heterocycles. The van der Waals surface area contributed by atoms with Crippen molar-refractivity contribution >= 4 is 11.8 Å². The van der Waals surface area contributed by atoms with Gasteiger partial charge < -0.3 is 23.8 Å². The van der Waals surface area contributed by atoms with Gasteiger partial charge in [-0.05, 0) is 25.0 Å². The number of amides is 1. The summed E-state index contributed by atoms with van der Waals surface area (Å²) in [6.07, 6.45) is 1.11. The molecule has 0 N–H and O–H groups in total. The second-order valence-corrected chi connectivity index (χ2v) is 8.61. The molecule has 34 heavy (non-hydrogen) atoms. The SMILES string of the molecule is COCCCN(Cc1c(-c2cccc(C)c2)noc1N1CCOCC1)C(=O)Cc1ccccc1. The third-order valence-corrected chi connectivity index (χ3v) is 6.03. The number of benzene rings is 2. The summed E-state index contributed by atoms with van der Waals surface area (Å²) in [6.45, 7) is 6.44. The first-order chi connectivity index (χ1) is 16.7. The zero-order valence-corrected chi connectivity index (χ0v) is 20.0. The predicted octanol–water partition coefficient (Wildman–Crippen LogP) is 4.09. The van der Waals surface area contributed by atoms with Crippen molar-refractivity contribution in [1.82, 2.24) is 10.1 Å². The van der Waals surface area contributed by atoms with Crippen LogP contribution in [-0.4, -0.2) is 62.5 Å². The quantitative estimate of drug-likeness (QED) is 0.422. The number of methoxy groups -OCH3 is 1. The molecule has 0 atom stereocenters. The summed E-state index contributed by atoms with van der Waals surface area (Å²) < 4.78 is 16.7. The molecule has 1 amide bonds. The highest BCUT2D eigenvalue weighted by Crippen LogP contribution is 2.33. The van der Waals surface area contributed by atoms with Crippen molar-refractivity contribution in [2.75, 3.05) is 51.5 Å². The van der Waals surface area contributed by atoms with E-state index in [-0.39, 0.29) is 5.91 Å². The highest BCUT2D eigenvalue weighted by atomic mass is 16.5. The monoisotopic (exact) mass is 463 g/mol. The number of rotatable bonds is 10. The van der Waals surface area contributed by atoms with Gasteiger partial charge in [0, 0.05) is 38.9 Å². The van der Waals surface area contributed by atoms with Crippen molar-refractivity contribution in [2.24, 2.45) is 0 Å². The fourth-order valence-electron chi connectivity index (χ4n) is 4.24. The van der Waals surface area contributed by atoms with E-state index in [4.69, 9.17) is 14.0 Å². The average Bonchev–Trinajstić information content (AvgIpc) is 3.28. The van der Waals surface area contributed by atoms with E-state index in [9.17, 15) is 4.79 Å². The average molecular weight is 464 g/mol. The Labute approximate surface area is 201 Å². The lowest BCUT2D eigenvalue weighted by Crippen LogP contribution is -2.38. The Morgan fingerprint density at radius 2 is 1.91 bits per heavy atom. The molecule has 180 valence electrons. The number of aromatic nitrogens is 1. The molecule has 0 aliphatic carbocycles. The van der Waals surface area contributed by atoms with Crippen LogP contribution in [0.15, 0.2) is 59.1 Å². The van der Waals surface area contributed by atoms with Gasteiger partial charge in [-0.3, -0.25) is 4.79 Å². The zero-order chi connectivity index (χ0) is 23.8. The minimum atomic E-state index is 0.0756. The van der Waals surface area contributed by atoms with Gasteiger partial charge in [0.05, 0.1) is 31.7 Å². The smallest absolute Gasteiger partial charge is 0.233 e. The number of hydrogen-bond acceptors (Lipinski definition) is 6. The molecule has 0 radical (unpaired) electrons. The van der Waals surface area contributed by atoms with Crippen LogP contribution in [0.3, 0.4) is 0 Å². The molecule has 2 aromatic carbocycles. The Morgan fingerprint density at radius 3 is 2.65 bits per heavy atom. The largest absolute Gasteiger partial charge is 0.385 e. The van der Waals surface area contributed by atoms with Crippen molar-refractivity contribution in [2.45, 2.75) is 26.3 Å². The zero-order valence-electron chi connectivity index (χ0n) is 20.0. The van der Waals surface area contributed by atoms with Crippen molar-refractivity contribution in [1.29, 1.82) is 0 Å². The number of morpholine rings is 1. The summed E-state index contributed by atoms with van der Waals surface area (Å²) in [6, 6.07) is 18.1. The summed E-state index contributed by atoms with van der Waals surface area (Å²) in [4.78, 5) is 17.5. The fraction of sp³-hybridized carbons (Fsp3) is 0.407. The summed E-state index contributed by atoms with van der Waals surface area (Å²) >= 11 is 0. The van der Waals surface area contributed by atoms with Crippen LogP contribution >= 0.6 is 0 Å². The second-order valence-electron chi connectivity index (χ2n) is 8.61. The Bertz CT molecular complexity index is 1060. The lowest BCUT2D eigenvalue weighted by atomic mass is 10.0. The molecule has 1 aliphatic rings. The molecule has 3 aromatic rings. The van der Waals surface area contributed by atoms with Gasteiger partial charge in [-0.15, -0.1) is 0 Å². The molecule has 1 fully saturated rings. The van der Waals surface area contributed by atoms with Crippen LogP contribution in [-0.2, 0) is 27.2 Å². The number of aryl methyl sites for hydroxylation is 1. The van der Waals surface area contributed by atoms with Gasteiger partial charge in [0.25, 0.3) is 0 Å². The Hall–Kier alpha value is -3.16. The molecule has 0 spiro atoms. The molecule has 4 rings (SSSR count). The van der Waals surface area contributed by atoms with Crippen LogP contribution in [0.25, 0.3) is 11.3 Å². The van der Waals surface area contributed by atoms with Gasteiger partial charge in [0.15, 0.2) is 0 Å². The van der Waals surface area contributed by atoms with E-state index in [1.54, 1.807) is 7.11 Å². The van der Waals surface area contributed by atoms with E-state index in [0.717, 1.165) is 53.3 Å². The van der Waals surface area contributed by atoms with E-state index < -0.39 is 0 Å². The van der Waals surface area contributed by atoms with Crippen molar-refractivity contribution in [3.8, 4) is 11.3 Å². The maximum atomic E-state index is 13.4. The number of hydrogen-bond donors (Lipinski definition) is 0. The number of carbonyl (C=O) groups is 1. The Morgan fingerprint density at radius 1 is 1.12 bits per heavy atom. The van der Waals surface area contributed by atoms with Crippen LogP contribution in [0.4, 0.5) is 5.88 Å². The second kappa shape index (κ2) is 11.8. The lowest BCUT2D eigenvalue weighted by molar-refractivity contribution is -0.131. The number of anilines is 1. The molecule has 2 heterocycles. The van der Waals surface area contributed by atoms with Crippen LogP contribution < -0.4 is 4.90 Å². The molecule has 0 bridgehead atoms.